The summed E-state index contributed by atoms with van der Waals surface area (Å²) < 4.78 is 0. The molecule has 2 N–H and O–H groups in total. The van der Waals surface area contributed by atoms with E-state index in [1.54, 1.807) is 0 Å². The summed E-state index contributed by atoms with van der Waals surface area (Å²) in [5.74, 6) is 0. The van der Waals surface area contributed by atoms with E-state index < -0.39 is 0 Å². The van der Waals surface area contributed by atoms with E-state index in [1.165, 1.54) is 0 Å². The summed E-state index contributed by atoms with van der Waals surface area (Å²) in [6.45, 7) is 0. The van der Waals surface area contributed by atoms with E-state index in [2.05, 4.69) is 136 Å². The van der Waals surface area contributed by atoms with Crippen LogP contribution in [0.2, 0.25) is 0 Å². The maximum Gasteiger partial charge on any atom is 0.0702 e. The highest BCUT2D eigenvalue weighted by Gasteiger charge is 2.16. The molecule has 0 saturated heterocycles. The van der Waals surface area contributed by atoms with E-state index in [4.69, 9.17) is 4.98 Å². The van der Waals surface area contributed by atoms with Crippen LogP contribution in [0.15, 0.2) is 164 Å². The van der Waals surface area contributed by atoms with Gasteiger partial charge in [-0.05, 0) is 74.3 Å². The van der Waals surface area contributed by atoms with Crippen molar-refractivity contribution in [1.82, 2.24) is 25.4 Å². The first kappa shape index (κ1) is 27.2. The highest BCUT2D eigenvalue weighted by atomic mass is 15.1. The lowest BCUT2D eigenvalue weighted by atomic mass is 9.87. The van der Waals surface area contributed by atoms with Gasteiger partial charge in [-0.15, -0.1) is 0 Å². The van der Waals surface area contributed by atoms with Gasteiger partial charge in [-0.2, -0.15) is 10.2 Å². The van der Waals surface area contributed by atoms with Gasteiger partial charge >= 0.3 is 0 Å². The standard InChI is InChI=1S/C41H29N5/c1-2-10-28(11-3-1)41-19-18-29(23-42-41)35-12-4-5-13-36(35)30-20-31(37-14-6-8-16-39(37)33-24-43-44-25-33)22-32(21-30)38-15-7-9-17-40(38)34-26-45-46-27-34/h1-27H,(H,43,44)(H,45,46). The van der Waals surface area contributed by atoms with Crippen molar-refractivity contribution in [2.24, 2.45) is 0 Å². The summed E-state index contributed by atoms with van der Waals surface area (Å²) in [5, 5.41) is 14.4. The zero-order valence-corrected chi connectivity index (χ0v) is 24.9. The second kappa shape index (κ2) is 12.0. The van der Waals surface area contributed by atoms with Crippen LogP contribution < -0.4 is 0 Å². The molecule has 0 fully saturated rings. The summed E-state index contributed by atoms with van der Waals surface area (Å²) in [7, 11) is 0. The van der Waals surface area contributed by atoms with Gasteiger partial charge in [-0.1, -0.05) is 109 Å². The zero-order chi connectivity index (χ0) is 30.7. The van der Waals surface area contributed by atoms with E-state index in [-0.39, 0.29) is 0 Å². The molecule has 3 aromatic heterocycles. The van der Waals surface area contributed by atoms with Gasteiger partial charge in [0.1, 0.15) is 0 Å². The Hall–Kier alpha value is -6.33. The Balaban J connectivity index is 1.32. The number of nitrogens with zero attached hydrogens (tertiary/aromatic N) is 3. The smallest absolute Gasteiger partial charge is 0.0702 e. The van der Waals surface area contributed by atoms with E-state index in [1.807, 2.05) is 49.2 Å². The molecule has 3 heterocycles. The Bertz CT molecular complexity index is 2140. The quantitative estimate of drug-likeness (QED) is 0.194. The van der Waals surface area contributed by atoms with Crippen LogP contribution in [0.25, 0.3) is 78.0 Å². The van der Waals surface area contributed by atoms with Crippen molar-refractivity contribution in [2.45, 2.75) is 0 Å². The molecule has 218 valence electrons. The molecular formula is C41H29N5. The fraction of sp³-hybridized carbons (Fsp3) is 0. The summed E-state index contributed by atoms with van der Waals surface area (Å²) in [5.41, 5.74) is 15.4. The Labute approximate surface area is 267 Å². The molecule has 46 heavy (non-hydrogen) atoms. The minimum atomic E-state index is 0.956. The molecular weight excluding hydrogens is 562 g/mol. The lowest BCUT2D eigenvalue weighted by molar-refractivity contribution is 1.09. The highest BCUT2D eigenvalue weighted by Crippen LogP contribution is 2.41. The maximum absolute atomic E-state index is 4.85. The molecule has 0 amide bonds. The molecule has 8 aromatic rings. The summed E-state index contributed by atoms with van der Waals surface area (Å²) in [6.07, 6.45) is 9.62. The van der Waals surface area contributed by atoms with Crippen molar-refractivity contribution >= 4 is 0 Å². The number of aromatic amines is 2. The molecule has 0 aliphatic rings. The molecule has 0 bridgehead atoms. The fourth-order valence-electron chi connectivity index (χ4n) is 6.18. The van der Waals surface area contributed by atoms with Gasteiger partial charge in [0, 0.05) is 40.8 Å². The van der Waals surface area contributed by atoms with Crippen LogP contribution >= 0.6 is 0 Å². The Morgan fingerprint density at radius 3 is 1.13 bits per heavy atom. The Morgan fingerprint density at radius 1 is 0.326 bits per heavy atom. The van der Waals surface area contributed by atoms with Gasteiger partial charge in [0.25, 0.3) is 0 Å². The summed E-state index contributed by atoms with van der Waals surface area (Å²) >= 11 is 0. The van der Waals surface area contributed by atoms with Crippen LogP contribution in [0.5, 0.6) is 0 Å². The van der Waals surface area contributed by atoms with Crippen LogP contribution in [0.1, 0.15) is 0 Å². The van der Waals surface area contributed by atoms with Crippen molar-refractivity contribution in [3.05, 3.63) is 164 Å². The van der Waals surface area contributed by atoms with E-state index in [0.29, 0.717) is 0 Å². The van der Waals surface area contributed by atoms with E-state index in [9.17, 15) is 0 Å². The number of hydrogen-bond acceptors (Lipinski definition) is 3. The minimum Gasteiger partial charge on any atom is -0.285 e. The number of hydrogen-bond donors (Lipinski definition) is 2. The lowest BCUT2D eigenvalue weighted by Gasteiger charge is -2.17. The van der Waals surface area contributed by atoms with Gasteiger partial charge < -0.3 is 0 Å². The van der Waals surface area contributed by atoms with Gasteiger partial charge in [0.2, 0.25) is 0 Å². The summed E-state index contributed by atoms with van der Waals surface area (Å²) in [4.78, 5) is 4.85. The van der Waals surface area contributed by atoms with Crippen LogP contribution in [0.3, 0.4) is 0 Å². The number of rotatable bonds is 7. The predicted molar refractivity (Wildman–Crippen MR) is 187 cm³/mol. The van der Waals surface area contributed by atoms with Crippen molar-refractivity contribution in [1.29, 1.82) is 0 Å². The molecule has 8 rings (SSSR count). The van der Waals surface area contributed by atoms with Crippen LogP contribution in [0.4, 0.5) is 0 Å². The second-order valence-electron chi connectivity index (χ2n) is 11.2. The number of pyridine rings is 1. The highest BCUT2D eigenvalue weighted by molar-refractivity contribution is 5.93. The third kappa shape index (κ3) is 5.20. The maximum atomic E-state index is 4.85. The molecule has 5 heteroatoms. The molecule has 0 unspecified atom stereocenters. The molecule has 0 aliphatic heterocycles. The minimum absolute atomic E-state index is 0.956. The van der Waals surface area contributed by atoms with Crippen molar-refractivity contribution in [3.63, 3.8) is 0 Å². The average molecular weight is 592 g/mol. The Morgan fingerprint density at radius 2 is 0.739 bits per heavy atom. The first-order valence-corrected chi connectivity index (χ1v) is 15.3. The third-order valence-electron chi connectivity index (χ3n) is 8.41. The monoisotopic (exact) mass is 591 g/mol. The molecule has 0 spiro atoms. The van der Waals surface area contributed by atoms with Crippen molar-refractivity contribution in [2.75, 3.05) is 0 Å². The number of benzene rings is 5. The molecule has 0 radical (unpaired) electrons. The van der Waals surface area contributed by atoms with Gasteiger partial charge in [-0.3, -0.25) is 15.2 Å². The predicted octanol–water partition coefficient (Wildman–Crippen LogP) is 10.2. The van der Waals surface area contributed by atoms with Gasteiger partial charge in [-0.25, -0.2) is 0 Å². The van der Waals surface area contributed by atoms with E-state index in [0.717, 1.165) is 78.0 Å². The zero-order valence-electron chi connectivity index (χ0n) is 24.9. The molecule has 0 saturated carbocycles. The average Bonchev–Trinajstić information content (AvgIpc) is 3.88. The van der Waals surface area contributed by atoms with Gasteiger partial charge in [0.05, 0.1) is 18.1 Å². The molecule has 5 aromatic carbocycles. The largest absolute Gasteiger partial charge is 0.285 e. The fourth-order valence-corrected chi connectivity index (χ4v) is 6.18. The lowest BCUT2D eigenvalue weighted by Crippen LogP contribution is -1.92. The van der Waals surface area contributed by atoms with E-state index >= 15 is 0 Å². The number of nitrogens with one attached hydrogen (secondary N) is 2. The first-order valence-electron chi connectivity index (χ1n) is 15.3. The van der Waals surface area contributed by atoms with Crippen molar-refractivity contribution < 1.29 is 0 Å². The third-order valence-corrected chi connectivity index (χ3v) is 8.41. The van der Waals surface area contributed by atoms with Gasteiger partial charge in [0.15, 0.2) is 0 Å². The Kier molecular flexibility index (Phi) is 7.09. The van der Waals surface area contributed by atoms with Crippen LogP contribution in [-0.2, 0) is 0 Å². The first-order chi connectivity index (χ1) is 22.8. The number of H-pyrrole nitrogens is 2. The topological polar surface area (TPSA) is 70.2 Å². The SMILES string of the molecule is c1ccc(-c2ccc(-c3ccccc3-c3cc(-c4ccccc4-c4cn[nH]c4)cc(-c4ccccc4-c4cn[nH]c4)c3)cn2)cc1. The number of aromatic nitrogens is 5. The van der Waals surface area contributed by atoms with Crippen LogP contribution in [0, 0.1) is 0 Å². The second-order valence-corrected chi connectivity index (χ2v) is 11.2. The van der Waals surface area contributed by atoms with Crippen molar-refractivity contribution in [3.8, 4) is 78.0 Å². The molecule has 0 atom stereocenters. The summed E-state index contributed by atoms with van der Waals surface area (Å²) in [6, 6.07) is 47.1. The van der Waals surface area contributed by atoms with Crippen LogP contribution in [-0.4, -0.2) is 25.4 Å². The molecule has 5 nitrogen and oxygen atoms in total. The molecule has 0 aliphatic carbocycles. The normalized spacial score (nSPS) is 11.0.